The second-order valence-electron chi connectivity index (χ2n) is 2.87. The van der Waals surface area contributed by atoms with E-state index in [-0.39, 0.29) is 0 Å². The highest BCUT2D eigenvalue weighted by molar-refractivity contribution is 7.09. The zero-order valence-electron chi connectivity index (χ0n) is 7.55. The van der Waals surface area contributed by atoms with Crippen LogP contribution in [-0.4, -0.2) is 11.5 Å². The highest BCUT2D eigenvalue weighted by atomic mass is 32.1. The van der Waals surface area contributed by atoms with Crippen molar-refractivity contribution in [2.45, 2.75) is 32.6 Å². The summed E-state index contributed by atoms with van der Waals surface area (Å²) in [5.41, 5.74) is 6.66. The molecule has 68 valence electrons. The Kier molecular flexibility index (Phi) is 4.25. The van der Waals surface area contributed by atoms with E-state index in [0.29, 0.717) is 0 Å². The Hall–Kier alpha value is -0.410. The van der Waals surface area contributed by atoms with Gasteiger partial charge in [0, 0.05) is 11.8 Å². The fraction of sp³-hybridized carbons (Fsp3) is 0.667. The number of nitrogens with two attached hydrogens (primary N) is 1. The second-order valence-corrected chi connectivity index (χ2v) is 3.82. The lowest BCUT2D eigenvalue weighted by molar-refractivity contribution is 0.812. The summed E-state index contributed by atoms with van der Waals surface area (Å²) in [6.45, 7) is 2.95. The van der Waals surface area contributed by atoms with Crippen molar-refractivity contribution in [1.29, 1.82) is 0 Å². The molecule has 0 aliphatic rings. The van der Waals surface area contributed by atoms with E-state index in [2.05, 4.69) is 17.3 Å². The Morgan fingerprint density at radius 3 is 3.00 bits per heavy atom. The van der Waals surface area contributed by atoms with Gasteiger partial charge in [0.2, 0.25) is 0 Å². The maximum absolute atomic E-state index is 5.42. The van der Waals surface area contributed by atoms with Gasteiger partial charge in [0.1, 0.15) is 0 Å². The van der Waals surface area contributed by atoms with Crippen LogP contribution in [0.5, 0.6) is 0 Å². The van der Waals surface area contributed by atoms with Gasteiger partial charge in [0.15, 0.2) is 0 Å². The van der Waals surface area contributed by atoms with Crippen LogP contribution in [0.2, 0.25) is 0 Å². The van der Waals surface area contributed by atoms with E-state index in [4.69, 9.17) is 5.73 Å². The third kappa shape index (κ3) is 2.91. The first-order valence-corrected chi connectivity index (χ1v) is 5.38. The summed E-state index contributed by atoms with van der Waals surface area (Å²) in [5, 5.41) is 3.40. The van der Waals surface area contributed by atoms with Crippen LogP contribution < -0.4 is 5.73 Å². The number of aryl methyl sites for hydroxylation is 2. The monoisotopic (exact) mass is 184 g/mol. The molecule has 1 heterocycles. The first-order chi connectivity index (χ1) is 5.86. The molecule has 0 aromatic carbocycles. The van der Waals surface area contributed by atoms with Crippen LogP contribution in [0, 0.1) is 0 Å². The van der Waals surface area contributed by atoms with Gasteiger partial charge in [-0.2, -0.15) is 0 Å². The Balaban J connectivity index is 2.41. The summed E-state index contributed by atoms with van der Waals surface area (Å²) in [5.74, 6) is 0. The molecule has 0 saturated heterocycles. The fourth-order valence-corrected chi connectivity index (χ4v) is 1.96. The minimum Gasteiger partial charge on any atom is -0.330 e. The molecule has 0 fully saturated rings. The van der Waals surface area contributed by atoms with Crippen molar-refractivity contribution in [2.24, 2.45) is 5.73 Å². The van der Waals surface area contributed by atoms with Gasteiger partial charge in [0.25, 0.3) is 0 Å². The van der Waals surface area contributed by atoms with Crippen molar-refractivity contribution >= 4 is 11.3 Å². The summed E-state index contributed by atoms with van der Waals surface area (Å²) in [6, 6.07) is 0. The Labute approximate surface area is 77.8 Å². The quantitative estimate of drug-likeness (QED) is 0.760. The number of thiazole rings is 1. The van der Waals surface area contributed by atoms with Crippen molar-refractivity contribution < 1.29 is 0 Å². The Morgan fingerprint density at radius 2 is 2.33 bits per heavy atom. The van der Waals surface area contributed by atoms with E-state index in [1.165, 1.54) is 17.1 Å². The summed E-state index contributed by atoms with van der Waals surface area (Å²) < 4.78 is 0. The molecule has 0 bridgehead atoms. The molecule has 0 saturated carbocycles. The van der Waals surface area contributed by atoms with Crippen molar-refractivity contribution in [3.05, 3.63) is 16.1 Å². The van der Waals surface area contributed by atoms with Gasteiger partial charge in [-0.3, -0.25) is 0 Å². The molecule has 0 aliphatic heterocycles. The third-order valence-electron chi connectivity index (χ3n) is 1.70. The summed E-state index contributed by atoms with van der Waals surface area (Å²) in [7, 11) is 0. The van der Waals surface area contributed by atoms with E-state index in [1.54, 1.807) is 11.3 Å². The number of hydrogen-bond donors (Lipinski definition) is 1. The average molecular weight is 184 g/mol. The normalized spacial score (nSPS) is 10.5. The van der Waals surface area contributed by atoms with Gasteiger partial charge < -0.3 is 5.73 Å². The molecular weight excluding hydrogens is 168 g/mol. The van der Waals surface area contributed by atoms with E-state index in [0.717, 1.165) is 25.8 Å². The molecular formula is C9H16N2S. The highest BCUT2D eigenvalue weighted by Crippen LogP contribution is 2.12. The Bertz CT molecular complexity index is 220. The molecule has 0 unspecified atom stereocenters. The van der Waals surface area contributed by atoms with Crippen LogP contribution in [-0.2, 0) is 12.8 Å². The summed E-state index contributed by atoms with van der Waals surface area (Å²) in [6.07, 6.45) is 4.39. The van der Waals surface area contributed by atoms with Crippen LogP contribution >= 0.6 is 11.3 Å². The maximum Gasteiger partial charge on any atom is 0.0928 e. The molecule has 1 aromatic rings. The van der Waals surface area contributed by atoms with E-state index < -0.39 is 0 Å². The van der Waals surface area contributed by atoms with Gasteiger partial charge in [-0.05, 0) is 19.4 Å². The predicted molar refractivity (Wildman–Crippen MR) is 53.5 cm³/mol. The highest BCUT2D eigenvalue weighted by Gasteiger charge is 1.99. The van der Waals surface area contributed by atoms with Gasteiger partial charge >= 0.3 is 0 Å². The third-order valence-corrected chi connectivity index (χ3v) is 2.66. The van der Waals surface area contributed by atoms with E-state index in [9.17, 15) is 0 Å². The SMILES string of the molecule is CCCc1csc(CCCN)n1. The number of rotatable bonds is 5. The zero-order chi connectivity index (χ0) is 8.81. The number of nitrogens with zero attached hydrogens (tertiary/aromatic N) is 1. The van der Waals surface area contributed by atoms with Crippen LogP contribution in [0.15, 0.2) is 5.38 Å². The van der Waals surface area contributed by atoms with Crippen LogP contribution in [0.3, 0.4) is 0 Å². The number of aromatic nitrogens is 1. The van der Waals surface area contributed by atoms with Gasteiger partial charge in [0.05, 0.1) is 10.7 Å². The minimum atomic E-state index is 0.767. The zero-order valence-corrected chi connectivity index (χ0v) is 8.36. The van der Waals surface area contributed by atoms with Crippen LogP contribution in [0.4, 0.5) is 0 Å². The summed E-state index contributed by atoms with van der Waals surface area (Å²) >= 11 is 1.76. The molecule has 0 atom stereocenters. The second kappa shape index (κ2) is 5.27. The van der Waals surface area contributed by atoms with Crippen molar-refractivity contribution in [3.8, 4) is 0 Å². The van der Waals surface area contributed by atoms with E-state index in [1.807, 2.05) is 0 Å². The average Bonchev–Trinajstić information content (AvgIpc) is 2.50. The largest absolute Gasteiger partial charge is 0.330 e. The standard InChI is InChI=1S/C9H16N2S/c1-2-4-8-7-12-9(11-8)5-3-6-10/h7H,2-6,10H2,1H3. The van der Waals surface area contributed by atoms with Gasteiger partial charge in [-0.1, -0.05) is 13.3 Å². The molecule has 0 aliphatic carbocycles. The van der Waals surface area contributed by atoms with Crippen LogP contribution in [0.1, 0.15) is 30.5 Å². The minimum absolute atomic E-state index is 0.767. The molecule has 1 aromatic heterocycles. The smallest absolute Gasteiger partial charge is 0.0928 e. The molecule has 2 nitrogen and oxygen atoms in total. The summed E-state index contributed by atoms with van der Waals surface area (Å²) in [4.78, 5) is 4.50. The lowest BCUT2D eigenvalue weighted by atomic mass is 10.3. The molecule has 3 heteroatoms. The molecule has 0 radical (unpaired) electrons. The van der Waals surface area contributed by atoms with Gasteiger partial charge in [-0.25, -0.2) is 4.98 Å². The lowest BCUT2D eigenvalue weighted by Crippen LogP contribution is -2.00. The Morgan fingerprint density at radius 1 is 1.50 bits per heavy atom. The van der Waals surface area contributed by atoms with Crippen LogP contribution in [0.25, 0.3) is 0 Å². The van der Waals surface area contributed by atoms with E-state index >= 15 is 0 Å². The van der Waals surface area contributed by atoms with Crippen molar-refractivity contribution in [3.63, 3.8) is 0 Å². The number of hydrogen-bond acceptors (Lipinski definition) is 3. The topological polar surface area (TPSA) is 38.9 Å². The molecule has 2 N–H and O–H groups in total. The van der Waals surface area contributed by atoms with Gasteiger partial charge in [-0.15, -0.1) is 11.3 Å². The fourth-order valence-electron chi connectivity index (χ4n) is 1.09. The molecule has 1 rings (SSSR count). The molecule has 0 spiro atoms. The maximum atomic E-state index is 5.42. The first-order valence-electron chi connectivity index (χ1n) is 4.50. The predicted octanol–water partition coefficient (Wildman–Crippen LogP) is 1.99. The lowest BCUT2D eigenvalue weighted by Gasteiger charge is -1.91. The first kappa shape index (κ1) is 9.68. The molecule has 12 heavy (non-hydrogen) atoms. The van der Waals surface area contributed by atoms with Crippen molar-refractivity contribution in [2.75, 3.05) is 6.54 Å². The molecule has 0 amide bonds. The van der Waals surface area contributed by atoms with Crippen molar-refractivity contribution in [1.82, 2.24) is 4.98 Å².